The number of ketones is 1. The second kappa shape index (κ2) is 8.33. The topological polar surface area (TPSA) is 113 Å². The zero-order chi connectivity index (χ0) is 17.6. The summed E-state index contributed by atoms with van der Waals surface area (Å²) >= 11 is 0. The maximum Gasteiger partial charge on any atom is 0.328 e. The molecule has 0 saturated carbocycles. The van der Waals surface area contributed by atoms with Crippen LogP contribution in [0.25, 0.3) is 0 Å². The minimum Gasteiger partial charge on any atom is -0.456 e. The van der Waals surface area contributed by atoms with Gasteiger partial charge in [-0.3, -0.25) is 4.79 Å². The molecule has 0 radical (unpaired) electrons. The van der Waals surface area contributed by atoms with Gasteiger partial charge in [-0.1, -0.05) is 0 Å². The van der Waals surface area contributed by atoms with E-state index in [9.17, 15) is 14.4 Å². The van der Waals surface area contributed by atoms with Gasteiger partial charge < -0.3 is 25.1 Å². The number of rotatable bonds is 8. The van der Waals surface area contributed by atoms with E-state index in [-0.39, 0.29) is 5.78 Å². The van der Waals surface area contributed by atoms with Gasteiger partial charge >= 0.3 is 12.0 Å². The number of primary amides is 1. The molecular formula is C15H23N3O5. The minimum atomic E-state index is -0.908. The van der Waals surface area contributed by atoms with Gasteiger partial charge in [0, 0.05) is 30.6 Å². The zero-order valence-corrected chi connectivity index (χ0v) is 13.8. The molecular weight excluding hydrogens is 302 g/mol. The molecule has 0 saturated heterocycles. The first kappa shape index (κ1) is 18.7. The molecule has 0 spiro atoms. The van der Waals surface area contributed by atoms with Crippen molar-refractivity contribution in [2.45, 2.75) is 33.4 Å². The molecule has 0 aliphatic rings. The van der Waals surface area contributed by atoms with E-state index >= 15 is 0 Å². The summed E-state index contributed by atoms with van der Waals surface area (Å²) in [6, 6.07) is 0.0172. The van der Waals surface area contributed by atoms with Crippen LogP contribution in [0.4, 0.5) is 4.79 Å². The number of Topliss-reactive ketones (excluding diaryl/α,β-unsaturated/α-hetero) is 1. The number of methoxy groups -OCH3 is 1. The molecule has 0 unspecified atom stereocenters. The average Bonchev–Trinajstić information content (AvgIpc) is 2.76. The molecule has 8 heteroatoms. The third-order valence-corrected chi connectivity index (χ3v) is 3.45. The number of nitrogens with two attached hydrogens (primary N) is 1. The van der Waals surface area contributed by atoms with Crippen molar-refractivity contribution >= 4 is 17.8 Å². The molecule has 1 aromatic rings. The van der Waals surface area contributed by atoms with Crippen LogP contribution in [0.3, 0.4) is 0 Å². The van der Waals surface area contributed by atoms with Gasteiger partial charge in [0.2, 0.25) is 5.78 Å². The van der Waals surface area contributed by atoms with Crippen molar-refractivity contribution in [1.82, 2.24) is 9.88 Å². The van der Waals surface area contributed by atoms with Crippen LogP contribution >= 0.6 is 0 Å². The monoisotopic (exact) mass is 325 g/mol. The lowest BCUT2D eigenvalue weighted by molar-refractivity contribution is -0.144. The van der Waals surface area contributed by atoms with Gasteiger partial charge in [0.05, 0.1) is 6.61 Å². The minimum absolute atomic E-state index is 0.304. The highest BCUT2D eigenvalue weighted by Crippen LogP contribution is 2.16. The lowest BCUT2D eigenvalue weighted by atomic mass is 10.1. The smallest absolute Gasteiger partial charge is 0.328 e. The van der Waals surface area contributed by atoms with E-state index in [1.165, 1.54) is 6.92 Å². The summed E-state index contributed by atoms with van der Waals surface area (Å²) in [5, 5.41) is 2.19. The average molecular weight is 325 g/mol. The number of ether oxygens (including phenoxy) is 2. The lowest BCUT2D eigenvalue weighted by Gasteiger charge is -2.11. The Morgan fingerprint density at radius 3 is 2.57 bits per heavy atom. The lowest BCUT2D eigenvalue weighted by Crippen LogP contribution is -2.42. The fourth-order valence-corrected chi connectivity index (χ4v) is 2.22. The molecule has 0 aliphatic carbocycles. The van der Waals surface area contributed by atoms with Crippen LogP contribution in [-0.4, -0.2) is 48.7 Å². The number of hydrogen-bond donors (Lipinski definition) is 2. The maximum absolute atomic E-state index is 12.2. The number of carbonyl (C=O) groups is 3. The standard InChI is InChI=1S/C15H23N3O5/c1-9-7-12(11(3)18(9)5-6-22-4)13(19)8-23-14(20)10(2)17-15(16)21/h7,10H,5-6,8H2,1-4H3,(H3,16,17,21)/t10-/m1/s1. The van der Waals surface area contributed by atoms with Gasteiger partial charge in [0.25, 0.3) is 0 Å². The second-order valence-corrected chi connectivity index (χ2v) is 5.19. The van der Waals surface area contributed by atoms with E-state index in [1.54, 1.807) is 13.2 Å². The first-order chi connectivity index (χ1) is 10.8. The summed E-state index contributed by atoms with van der Waals surface area (Å²) in [6.45, 7) is 5.93. The van der Waals surface area contributed by atoms with Crippen LogP contribution in [-0.2, 0) is 20.8 Å². The highest BCUT2D eigenvalue weighted by Gasteiger charge is 2.20. The van der Waals surface area contributed by atoms with Crippen molar-refractivity contribution in [2.24, 2.45) is 5.73 Å². The van der Waals surface area contributed by atoms with Gasteiger partial charge in [-0.2, -0.15) is 0 Å². The molecule has 128 valence electrons. The highest BCUT2D eigenvalue weighted by molar-refractivity contribution is 5.99. The van der Waals surface area contributed by atoms with Crippen LogP contribution < -0.4 is 11.1 Å². The van der Waals surface area contributed by atoms with Gasteiger partial charge in [-0.15, -0.1) is 0 Å². The maximum atomic E-state index is 12.2. The van der Waals surface area contributed by atoms with Crippen molar-refractivity contribution in [3.8, 4) is 0 Å². The molecule has 8 nitrogen and oxygen atoms in total. The Balaban J connectivity index is 2.68. The number of hydrogen-bond acceptors (Lipinski definition) is 5. The molecule has 1 rings (SSSR count). The Kier molecular flexibility index (Phi) is 6.77. The van der Waals surface area contributed by atoms with Crippen LogP contribution in [0.1, 0.15) is 28.7 Å². The van der Waals surface area contributed by atoms with E-state index < -0.39 is 24.6 Å². The van der Waals surface area contributed by atoms with Crippen LogP contribution in [0.5, 0.6) is 0 Å². The summed E-state index contributed by atoms with van der Waals surface area (Å²) in [4.78, 5) is 34.5. The molecule has 0 fully saturated rings. The quantitative estimate of drug-likeness (QED) is 0.535. The highest BCUT2D eigenvalue weighted by atomic mass is 16.5. The summed E-state index contributed by atoms with van der Waals surface area (Å²) < 4.78 is 11.9. The number of nitrogens with one attached hydrogen (secondary N) is 1. The summed E-state index contributed by atoms with van der Waals surface area (Å²) in [6.07, 6.45) is 0. The van der Waals surface area contributed by atoms with Crippen molar-refractivity contribution < 1.29 is 23.9 Å². The number of aromatic nitrogens is 1. The van der Waals surface area contributed by atoms with Gasteiger partial charge in [0.15, 0.2) is 6.61 Å². The van der Waals surface area contributed by atoms with Crippen molar-refractivity contribution in [3.05, 3.63) is 23.0 Å². The second-order valence-electron chi connectivity index (χ2n) is 5.19. The molecule has 0 aliphatic heterocycles. The van der Waals surface area contributed by atoms with E-state index in [0.717, 1.165) is 11.4 Å². The van der Waals surface area contributed by atoms with Crippen LogP contribution in [0.2, 0.25) is 0 Å². The van der Waals surface area contributed by atoms with Gasteiger partial charge in [-0.25, -0.2) is 9.59 Å². The summed E-state index contributed by atoms with van der Waals surface area (Å²) in [5.41, 5.74) is 7.15. The first-order valence-electron chi connectivity index (χ1n) is 7.19. The molecule has 2 amide bonds. The molecule has 3 N–H and O–H groups in total. The zero-order valence-electron chi connectivity index (χ0n) is 13.8. The summed E-state index contributed by atoms with van der Waals surface area (Å²) in [5.74, 6) is -1.02. The van der Waals surface area contributed by atoms with E-state index in [2.05, 4.69) is 5.32 Å². The van der Waals surface area contributed by atoms with E-state index in [0.29, 0.717) is 18.7 Å². The van der Waals surface area contributed by atoms with Gasteiger partial charge in [-0.05, 0) is 26.8 Å². The van der Waals surface area contributed by atoms with Crippen molar-refractivity contribution in [1.29, 1.82) is 0 Å². The molecule has 1 heterocycles. The van der Waals surface area contributed by atoms with Crippen molar-refractivity contribution in [3.63, 3.8) is 0 Å². The Bertz CT molecular complexity index is 594. The first-order valence-corrected chi connectivity index (χ1v) is 7.19. The third-order valence-electron chi connectivity index (χ3n) is 3.45. The largest absolute Gasteiger partial charge is 0.456 e. The Morgan fingerprint density at radius 1 is 1.35 bits per heavy atom. The molecule has 1 atom stereocenters. The molecule has 23 heavy (non-hydrogen) atoms. The summed E-state index contributed by atoms with van der Waals surface area (Å²) in [7, 11) is 1.61. The number of amides is 2. The predicted molar refractivity (Wildman–Crippen MR) is 83.3 cm³/mol. The van der Waals surface area contributed by atoms with Crippen LogP contribution in [0, 0.1) is 13.8 Å². The Labute approximate surface area is 134 Å². The number of nitrogens with zero attached hydrogens (tertiary/aromatic N) is 1. The third kappa shape index (κ3) is 5.10. The molecule has 1 aromatic heterocycles. The van der Waals surface area contributed by atoms with Crippen molar-refractivity contribution in [2.75, 3.05) is 20.3 Å². The Morgan fingerprint density at radius 2 is 2.00 bits per heavy atom. The predicted octanol–water partition coefficient (Wildman–Crippen LogP) is 0.534. The fourth-order valence-electron chi connectivity index (χ4n) is 2.22. The SMILES string of the molecule is COCCn1c(C)cc(C(=O)COC(=O)[C@@H](C)NC(N)=O)c1C. The number of carbonyl (C=O) groups excluding carboxylic acids is 3. The molecule has 0 bridgehead atoms. The number of esters is 1. The van der Waals surface area contributed by atoms with E-state index in [1.807, 2.05) is 18.4 Å². The number of aryl methyl sites for hydroxylation is 1. The Hall–Kier alpha value is -2.35. The molecule has 0 aromatic carbocycles. The fraction of sp³-hybridized carbons (Fsp3) is 0.533. The van der Waals surface area contributed by atoms with E-state index in [4.69, 9.17) is 15.2 Å². The van der Waals surface area contributed by atoms with Crippen LogP contribution in [0.15, 0.2) is 6.07 Å². The number of urea groups is 1. The normalized spacial score (nSPS) is 11.8. The van der Waals surface area contributed by atoms with Gasteiger partial charge in [0.1, 0.15) is 6.04 Å².